The van der Waals surface area contributed by atoms with Crippen LogP contribution in [0.4, 0.5) is 4.39 Å². The summed E-state index contributed by atoms with van der Waals surface area (Å²) in [5, 5.41) is 9.43. The van der Waals surface area contributed by atoms with Crippen molar-refractivity contribution < 1.29 is 4.39 Å². The fraction of sp³-hybridized carbons (Fsp3) is 0.316. The minimum atomic E-state index is -0.921. The van der Waals surface area contributed by atoms with Gasteiger partial charge in [0.05, 0.1) is 11.6 Å². The second-order valence-corrected chi connectivity index (χ2v) is 5.72. The molecule has 1 aliphatic rings. The molecule has 24 heavy (non-hydrogen) atoms. The van der Waals surface area contributed by atoms with Gasteiger partial charge in [-0.25, -0.2) is 14.4 Å². The van der Waals surface area contributed by atoms with Crippen LogP contribution in [0.1, 0.15) is 23.1 Å². The van der Waals surface area contributed by atoms with Crippen molar-refractivity contribution in [3.63, 3.8) is 0 Å². The van der Waals surface area contributed by atoms with Crippen molar-refractivity contribution in [3.05, 3.63) is 60.4 Å². The number of nitrogens with zero attached hydrogens (tertiary/aromatic N) is 4. The van der Waals surface area contributed by atoms with E-state index in [0.29, 0.717) is 29.9 Å². The minimum absolute atomic E-state index is 0.0852. The van der Waals surface area contributed by atoms with Gasteiger partial charge in [-0.05, 0) is 43.3 Å². The van der Waals surface area contributed by atoms with Crippen LogP contribution in [0.25, 0.3) is 0 Å². The van der Waals surface area contributed by atoms with E-state index < -0.39 is 6.17 Å². The second-order valence-electron chi connectivity index (χ2n) is 5.72. The molecule has 1 heterocycles. The van der Waals surface area contributed by atoms with E-state index in [1.54, 1.807) is 12.3 Å². The Bertz CT molecular complexity index is 702. The van der Waals surface area contributed by atoms with Crippen LogP contribution >= 0.6 is 0 Å². The molecule has 2 unspecified atom stereocenters. The van der Waals surface area contributed by atoms with E-state index in [1.165, 1.54) is 6.20 Å². The molecule has 1 aromatic carbocycles. The molecule has 4 nitrogen and oxygen atoms in total. The number of nitriles is 1. The van der Waals surface area contributed by atoms with Gasteiger partial charge in [-0.15, -0.1) is 0 Å². The molecular formula is C19H21FN4. The summed E-state index contributed by atoms with van der Waals surface area (Å²) in [7, 11) is 0. The third kappa shape index (κ3) is 3.96. The largest absolute Gasteiger partial charge is 0.375 e. The van der Waals surface area contributed by atoms with Gasteiger partial charge in [-0.3, -0.25) is 0 Å². The van der Waals surface area contributed by atoms with Gasteiger partial charge in [0, 0.05) is 24.9 Å². The zero-order valence-electron chi connectivity index (χ0n) is 13.7. The molecule has 0 saturated carbocycles. The molecule has 0 radical (unpaired) electrons. The Morgan fingerprint density at radius 2 is 2.25 bits per heavy atom. The number of amidine groups is 1. The number of likely N-dealkylation sites (tertiary alicyclic amines) is 1. The third-order valence-corrected chi connectivity index (χ3v) is 4.30. The van der Waals surface area contributed by atoms with E-state index in [4.69, 9.17) is 0 Å². The maximum atomic E-state index is 14.3. The van der Waals surface area contributed by atoms with Gasteiger partial charge in [-0.2, -0.15) is 5.26 Å². The number of benzene rings is 1. The molecule has 0 aliphatic carbocycles. The Kier molecular flexibility index (Phi) is 6.02. The molecule has 0 N–H and O–H groups in total. The summed E-state index contributed by atoms with van der Waals surface area (Å²) in [6.45, 7) is 11.9. The van der Waals surface area contributed by atoms with Gasteiger partial charge in [0.2, 0.25) is 0 Å². The van der Waals surface area contributed by atoms with Crippen LogP contribution in [0.3, 0.4) is 0 Å². The van der Waals surface area contributed by atoms with Crippen LogP contribution in [0, 0.1) is 17.2 Å². The fourth-order valence-electron chi connectivity index (χ4n) is 2.95. The molecule has 5 heteroatoms. The van der Waals surface area contributed by atoms with Crippen molar-refractivity contribution in [2.75, 3.05) is 13.1 Å². The van der Waals surface area contributed by atoms with Gasteiger partial charge in [0.25, 0.3) is 0 Å². The van der Waals surface area contributed by atoms with Crippen LogP contribution in [0.15, 0.2) is 53.7 Å². The first-order valence-corrected chi connectivity index (χ1v) is 7.82. The van der Waals surface area contributed by atoms with Gasteiger partial charge in [-0.1, -0.05) is 25.3 Å². The zero-order chi connectivity index (χ0) is 17.5. The lowest BCUT2D eigenvalue weighted by Gasteiger charge is -2.34. The summed E-state index contributed by atoms with van der Waals surface area (Å²) in [5.74, 6) is 0.328. The quantitative estimate of drug-likeness (QED) is 0.615. The van der Waals surface area contributed by atoms with E-state index in [0.717, 1.165) is 18.5 Å². The van der Waals surface area contributed by atoms with Crippen molar-refractivity contribution in [1.82, 2.24) is 4.90 Å². The molecule has 2 atom stereocenters. The Labute approximate surface area is 142 Å². The first kappa shape index (κ1) is 17.6. The van der Waals surface area contributed by atoms with E-state index in [2.05, 4.69) is 35.9 Å². The van der Waals surface area contributed by atoms with E-state index >= 15 is 0 Å². The first-order chi connectivity index (χ1) is 11.6. The Morgan fingerprint density at radius 1 is 1.46 bits per heavy atom. The van der Waals surface area contributed by atoms with Crippen LogP contribution in [0.2, 0.25) is 0 Å². The van der Waals surface area contributed by atoms with Gasteiger partial charge in [0.15, 0.2) is 5.84 Å². The molecule has 124 valence electrons. The molecule has 1 saturated heterocycles. The fourth-order valence-corrected chi connectivity index (χ4v) is 2.95. The van der Waals surface area contributed by atoms with Crippen molar-refractivity contribution in [1.29, 1.82) is 5.26 Å². The third-order valence-electron chi connectivity index (χ3n) is 4.30. The molecule has 1 aromatic rings. The number of halogens is 1. The molecule has 0 bridgehead atoms. The standard InChI is InChI=1S/C19H21FN4/c1-4-23-19(22-3)16-7-6-14(17(11-16)12-21)10-15-8-9-24(5-2)13-18(15)20/h4-7,11,15,18H,1-3,8-10,13H2. The number of alkyl halides is 1. The average molecular weight is 324 g/mol. The van der Waals surface area contributed by atoms with Gasteiger partial charge in [0.1, 0.15) is 6.17 Å². The van der Waals surface area contributed by atoms with Crippen LogP contribution < -0.4 is 0 Å². The first-order valence-electron chi connectivity index (χ1n) is 7.82. The average Bonchev–Trinajstić information content (AvgIpc) is 2.61. The smallest absolute Gasteiger partial charge is 0.158 e. The maximum Gasteiger partial charge on any atom is 0.158 e. The lowest BCUT2D eigenvalue weighted by molar-refractivity contribution is 0.115. The van der Waals surface area contributed by atoms with Crippen molar-refractivity contribution in [3.8, 4) is 6.07 Å². The highest BCUT2D eigenvalue weighted by atomic mass is 19.1. The number of hydrogen-bond donors (Lipinski definition) is 0. The molecule has 0 aromatic heterocycles. The molecular weight excluding hydrogens is 303 g/mol. The maximum absolute atomic E-state index is 14.3. The van der Waals surface area contributed by atoms with E-state index in [9.17, 15) is 9.65 Å². The Morgan fingerprint density at radius 3 is 2.83 bits per heavy atom. The molecule has 2 rings (SSSR count). The molecule has 0 amide bonds. The highest BCUT2D eigenvalue weighted by molar-refractivity contribution is 6.02. The highest BCUT2D eigenvalue weighted by Gasteiger charge is 2.28. The zero-order valence-corrected chi connectivity index (χ0v) is 13.7. The van der Waals surface area contributed by atoms with E-state index in [1.807, 2.05) is 17.0 Å². The molecule has 1 fully saturated rings. The number of piperidine rings is 1. The van der Waals surface area contributed by atoms with E-state index in [-0.39, 0.29) is 5.92 Å². The minimum Gasteiger partial charge on any atom is -0.375 e. The Balaban J connectivity index is 2.21. The van der Waals surface area contributed by atoms with Crippen molar-refractivity contribution >= 4 is 12.6 Å². The van der Waals surface area contributed by atoms with Crippen LogP contribution in [0.5, 0.6) is 0 Å². The molecule has 0 spiro atoms. The predicted octanol–water partition coefficient (Wildman–Crippen LogP) is 3.49. The summed E-state index contributed by atoms with van der Waals surface area (Å²) < 4.78 is 14.3. The number of aliphatic imine (C=N–C) groups is 2. The van der Waals surface area contributed by atoms with Crippen LogP contribution in [-0.2, 0) is 6.42 Å². The highest BCUT2D eigenvalue weighted by Crippen LogP contribution is 2.26. The normalized spacial score (nSPS) is 21.0. The SMILES string of the molecule is C=CN=C(N=C)c1ccc(CC2CCN(C=C)CC2F)c(C#N)c1. The summed E-state index contributed by atoms with van der Waals surface area (Å²) in [6, 6.07) is 7.59. The summed E-state index contributed by atoms with van der Waals surface area (Å²) in [6.07, 6.45) is 3.43. The van der Waals surface area contributed by atoms with Gasteiger partial charge >= 0.3 is 0 Å². The van der Waals surface area contributed by atoms with Crippen molar-refractivity contribution in [2.45, 2.75) is 19.0 Å². The predicted molar refractivity (Wildman–Crippen MR) is 95.9 cm³/mol. The topological polar surface area (TPSA) is 51.8 Å². The Hall–Kier alpha value is -2.74. The van der Waals surface area contributed by atoms with Crippen LogP contribution in [-0.4, -0.2) is 36.7 Å². The molecule has 1 aliphatic heterocycles. The summed E-state index contributed by atoms with van der Waals surface area (Å²) in [4.78, 5) is 9.77. The second kappa shape index (κ2) is 8.21. The monoisotopic (exact) mass is 324 g/mol. The lowest BCUT2D eigenvalue weighted by Crippen LogP contribution is -2.39. The lowest BCUT2D eigenvalue weighted by atomic mass is 9.87. The number of hydrogen-bond acceptors (Lipinski definition) is 3. The summed E-state index contributed by atoms with van der Waals surface area (Å²) >= 11 is 0. The number of rotatable bonds is 5. The van der Waals surface area contributed by atoms with Gasteiger partial charge < -0.3 is 4.90 Å². The summed E-state index contributed by atoms with van der Waals surface area (Å²) in [5.41, 5.74) is 2.07. The van der Waals surface area contributed by atoms with Crippen molar-refractivity contribution in [2.24, 2.45) is 15.9 Å².